The third-order valence-electron chi connectivity index (χ3n) is 4.54. The van der Waals surface area contributed by atoms with E-state index in [1.54, 1.807) is 0 Å². The van der Waals surface area contributed by atoms with Crippen LogP contribution in [0.5, 0.6) is 0 Å². The monoisotopic (exact) mass is 498 g/mol. The standard InChI is InChI=1S/C20H42N4O2.HI/c1-6-21-20(22-12-18(7-9-25)11-16(2)3)23-13-19-15-24(8-10-26-19)14-17(4)5;/h16-19,25H,6-15H2,1-5H3,(H2,21,22,23);1H. The van der Waals surface area contributed by atoms with Crippen LogP contribution in [0, 0.1) is 17.8 Å². The number of morpholine rings is 1. The summed E-state index contributed by atoms with van der Waals surface area (Å²) in [6.07, 6.45) is 2.12. The number of aliphatic imine (C=N–C) groups is 1. The number of hydrogen-bond acceptors (Lipinski definition) is 4. The Kier molecular flexibility index (Phi) is 15.7. The molecular formula is C20H43IN4O2. The molecule has 0 amide bonds. The molecule has 0 aromatic rings. The van der Waals surface area contributed by atoms with Crippen LogP contribution < -0.4 is 10.6 Å². The number of rotatable bonds is 11. The number of halogens is 1. The molecule has 162 valence electrons. The first-order valence-electron chi connectivity index (χ1n) is 10.4. The molecule has 1 rings (SSSR count). The van der Waals surface area contributed by atoms with E-state index >= 15 is 0 Å². The molecular weight excluding hydrogens is 455 g/mol. The lowest BCUT2D eigenvalue weighted by molar-refractivity contribution is -0.0284. The first-order valence-corrected chi connectivity index (χ1v) is 10.4. The zero-order valence-corrected chi connectivity index (χ0v) is 20.4. The van der Waals surface area contributed by atoms with Gasteiger partial charge in [-0.05, 0) is 37.5 Å². The van der Waals surface area contributed by atoms with Crippen molar-refractivity contribution < 1.29 is 9.84 Å². The number of nitrogens with zero attached hydrogens (tertiary/aromatic N) is 2. The highest BCUT2D eigenvalue weighted by atomic mass is 127. The highest BCUT2D eigenvalue weighted by Gasteiger charge is 2.21. The van der Waals surface area contributed by atoms with Gasteiger partial charge >= 0.3 is 0 Å². The van der Waals surface area contributed by atoms with Crippen LogP contribution in [0.25, 0.3) is 0 Å². The van der Waals surface area contributed by atoms with Crippen LogP contribution in [0.2, 0.25) is 0 Å². The van der Waals surface area contributed by atoms with Crippen LogP contribution in [-0.2, 0) is 4.74 Å². The van der Waals surface area contributed by atoms with Crippen molar-refractivity contribution in [2.75, 3.05) is 52.5 Å². The second-order valence-electron chi connectivity index (χ2n) is 8.25. The fourth-order valence-corrected chi connectivity index (χ4v) is 3.49. The van der Waals surface area contributed by atoms with Crippen molar-refractivity contribution in [3.8, 4) is 0 Å². The van der Waals surface area contributed by atoms with E-state index in [2.05, 4.69) is 50.2 Å². The first kappa shape index (κ1) is 26.9. The summed E-state index contributed by atoms with van der Waals surface area (Å²) in [6, 6.07) is 0. The van der Waals surface area contributed by atoms with E-state index in [-0.39, 0.29) is 36.7 Å². The highest BCUT2D eigenvalue weighted by molar-refractivity contribution is 14.0. The second kappa shape index (κ2) is 15.8. The van der Waals surface area contributed by atoms with Gasteiger partial charge in [-0.25, -0.2) is 0 Å². The van der Waals surface area contributed by atoms with E-state index in [0.29, 0.717) is 17.8 Å². The van der Waals surface area contributed by atoms with Gasteiger partial charge in [-0.1, -0.05) is 27.7 Å². The van der Waals surface area contributed by atoms with E-state index in [1.807, 2.05) is 0 Å². The molecule has 0 aromatic carbocycles. The number of hydrogen-bond donors (Lipinski definition) is 3. The Balaban J connectivity index is 0.00000676. The topological polar surface area (TPSA) is 69.1 Å². The van der Waals surface area contributed by atoms with Crippen molar-refractivity contribution in [3.63, 3.8) is 0 Å². The van der Waals surface area contributed by atoms with Crippen LogP contribution in [-0.4, -0.2) is 74.6 Å². The zero-order chi connectivity index (χ0) is 19.4. The smallest absolute Gasteiger partial charge is 0.191 e. The Morgan fingerprint density at radius 3 is 2.56 bits per heavy atom. The molecule has 0 aliphatic carbocycles. The van der Waals surface area contributed by atoms with Crippen molar-refractivity contribution in [2.24, 2.45) is 22.7 Å². The van der Waals surface area contributed by atoms with Gasteiger partial charge in [0.25, 0.3) is 0 Å². The van der Waals surface area contributed by atoms with Crippen molar-refractivity contribution in [2.45, 2.75) is 53.6 Å². The molecule has 1 fully saturated rings. The van der Waals surface area contributed by atoms with Crippen LogP contribution in [0.1, 0.15) is 47.5 Å². The van der Waals surface area contributed by atoms with E-state index < -0.39 is 0 Å². The minimum Gasteiger partial charge on any atom is -0.396 e. The third kappa shape index (κ3) is 12.9. The molecule has 1 heterocycles. The maximum Gasteiger partial charge on any atom is 0.191 e. The lowest BCUT2D eigenvalue weighted by Gasteiger charge is -2.34. The molecule has 1 aliphatic heterocycles. The summed E-state index contributed by atoms with van der Waals surface area (Å²) in [4.78, 5) is 7.24. The minimum atomic E-state index is 0. The van der Waals surface area contributed by atoms with E-state index in [4.69, 9.17) is 9.73 Å². The molecule has 6 nitrogen and oxygen atoms in total. The quantitative estimate of drug-likeness (QED) is 0.232. The average molecular weight is 498 g/mol. The maximum absolute atomic E-state index is 9.28. The molecule has 0 aromatic heterocycles. The highest BCUT2D eigenvalue weighted by Crippen LogP contribution is 2.15. The Labute approximate surface area is 183 Å². The van der Waals surface area contributed by atoms with E-state index in [1.165, 1.54) is 0 Å². The van der Waals surface area contributed by atoms with Crippen molar-refractivity contribution in [3.05, 3.63) is 0 Å². The SMILES string of the molecule is CCNC(=NCC(CCO)CC(C)C)NCC1CN(CC(C)C)CCO1.I. The predicted molar refractivity (Wildman–Crippen MR) is 125 cm³/mol. The number of ether oxygens (including phenoxy) is 1. The molecule has 2 unspecified atom stereocenters. The van der Waals surface area contributed by atoms with Crippen molar-refractivity contribution in [1.29, 1.82) is 0 Å². The van der Waals surface area contributed by atoms with Crippen LogP contribution >= 0.6 is 24.0 Å². The molecule has 1 saturated heterocycles. The van der Waals surface area contributed by atoms with Gasteiger partial charge in [0.1, 0.15) is 0 Å². The molecule has 0 saturated carbocycles. The predicted octanol–water partition coefficient (Wildman–Crippen LogP) is 2.56. The summed E-state index contributed by atoms with van der Waals surface area (Å²) in [5, 5.41) is 16.0. The lowest BCUT2D eigenvalue weighted by Crippen LogP contribution is -2.50. The Hall–Kier alpha value is -0.120. The summed E-state index contributed by atoms with van der Waals surface area (Å²) in [5.41, 5.74) is 0. The minimum absolute atomic E-state index is 0. The summed E-state index contributed by atoms with van der Waals surface area (Å²) in [6.45, 7) is 17.6. The van der Waals surface area contributed by atoms with Gasteiger partial charge in [-0.3, -0.25) is 9.89 Å². The normalized spacial score (nSPS) is 19.9. The number of nitrogens with one attached hydrogen (secondary N) is 2. The van der Waals surface area contributed by atoms with Gasteiger partial charge in [0.15, 0.2) is 5.96 Å². The molecule has 0 bridgehead atoms. The van der Waals surface area contributed by atoms with E-state index in [0.717, 1.165) is 64.7 Å². The molecule has 27 heavy (non-hydrogen) atoms. The van der Waals surface area contributed by atoms with Crippen LogP contribution in [0.3, 0.4) is 0 Å². The first-order chi connectivity index (χ1) is 12.4. The van der Waals surface area contributed by atoms with Gasteiger partial charge < -0.3 is 20.5 Å². The average Bonchev–Trinajstić information content (AvgIpc) is 2.56. The molecule has 0 radical (unpaired) electrons. The van der Waals surface area contributed by atoms with Gasteiger partial charge in [0, 0.05) is 45.9 Å². The summed E-state index contributed by atoms with van der Waals surface area (Å²) >= 11 is 0. The van der Waals surface area contributed by atoms with Crippen molar-refractivity contribution >= 4 is 29.9 Å². The summed E-state index contributed by atoms with van der Waals surface area (Å²) in [5.74, 6) is 2.59. The van der Waals surface area contributed by atoms with Gasteiger partial charge in [-0.2, -0.15) is 0 Å². The number of aliphatic hydroxyl groups excluding tert-OH is 1. The number of guanidine groups is 1. The molecule has 2 atom stereocenters. The molecule has 3 N–H and O–H groups in total. The van der Waals surface area contributed by atoms with Crippen molar-refractivity contribution in [1.82, 2.24) is 15.5 Å². The maximum atomic E-state index is 9.28. The largest absolute Gasteiger partial charge is 0.396 e. The lowest BCUT2D eigenvalue weighted by atomic mass is 9.94. The van der Waals surface area contributed by atoms with Gasteiger partial charge in [0.05, 0.1) is 12.7 Å². The third-order valence-corrected chi connectivity index (χ3v) is 4.54. The van der Waals surface area contributed by atoms with Crippen LogP contribution in [0.15, 0.2) is 4.99 Å². The molecule has 0 spiro atoms. The molecule has 1 aliphatic rings. The Morgan fingerprint density at radius 2 is 1.96 bits per heavy atom. The fraction of sp³-hybridized carbons (Fsp3) is 0.950. The number of aliphatic hydroxyl groups is 1. The summed E-state index contributed by atoms with van der Waals surface area (Å²) in [7, 11) is 0. The Bertz CT molecular complexity index is 394. The van der Waals surface area contributed by atoms with Gasteiger partial charge in [0.2, 0.25) is 0 Å². The fourth-order valence-electron chi connectivity index (χ4n) is 3.49. The summed E-state index contributed by atoms with van der Waals surface area (Å²) < 4.78 is 5.92. The molecule has 7 heteroatoms. The zero-order valence-electron chi connectivity index (χ0n) is 18.0. The van der Waals surface area contributed by atoms with Crippen LogP contribution in [0.4, 0.5) is 0 Å². The second-order valence-corrected chi connectivity index (χ2v) is 8.25. The van der Waals surface area contributed by atoms with Gasteiger partial charge in [-0.15, -0.1) is 24.0 Å². The van der Waals surface area contributed by atoms with E-state index in [9.17, 15) is 5.11 Å². The Morgan fingerprint density at radius 1 is 1.22 bits per heavy atom.